The van der Waals surface area contributed by atoms with E-state index < -0.39 is 97.5 Å². The van der Waals surface area contributed by atoms with E-state index in [1.165, 1.54) is 186 Å². The highest BCUT2D eigenvalue weighted by Gasteiger charge is 2.30. The van der Waals surface area contributed by atoms with Crippen molar-refractivity contribution in [1.82, 2.24) is 0 Å². The number of ether oxygens (including phenoxy) is 4. The van der Waals surface area contributed by atoms with Gasteiger partial charge < -0.3 is 33.8 Å². The van der Waals surface area contributed by atoms with Crippen LogP contribution in [0.25, 0.3) is 0 Å². The Bertz CT molecular complexity index is 1840. The molecular formula is C75H146O17P2. The molecule has 0 aliphatic heterocycles. The Morgan fingerprint density at radius 1 is 0.287 bits per heavy atom. The van der Waals surface area contributed by atoms with Crippen molar-refractivity contribution in [1.29, 1.82) is 0 Å². The minimum Gasteiger partial charge on any atom is -0.462 e. The molecule has 0 aromatic rings. The van der Waals surface area contributed by atoms with E-state index in [-0.39, 0.29) is 25.7 Å². The van der Waals surface area contributed by atoms with Crippen LogP contribution in [0.5, 0.6) is 0 Å². The molecule has 0 aromatic heterocycles. The molecule has 0 spiro atoms. The molecule has 5 atom stereocenters. The molecule has 0 aliphatic rings. The van der Waals surface area contributed by atoms with Crippen molar-refractivity contribution in [2.75, 3.05) is 39.6 Å². The molecule has 17 nitrogen and oxygen atoms in total. The lowest BCUT2D eigenvalue weighted by Gasteiger charge is -2.21. The molecule has 3 N–H and O–H groups in total. The fraction of sp³-hybridized carbons (Fsp3) is 0.947. The number of hydrogen-bond acceptors (Lipinski definition) is 15. The number of phosphoric acid groups is 2. The van der Waals surface area contributed by atoms with Gasteiger partial charge >= 0.3 is 39.5 Å². The summed E-state index contributed by atoms with van der Waals surface area (Å²) < 4.78 is 68.3. The molecule has 0 aromatic carbocycles. The summed E-state index contributed by atoms with van der Waals surface area (Å²) in [5, 5.41) is 10.6. The fourth-order valence-corrected chi connectivity index (χ4v) is 13.0. The van der Waals surface area contributed by atoms with Crippen LogP contribution in [-0.2, 0) is 65.4 Å². The predicted molar refractivity (Wildman–Crippen MR) is 381 cm³/mol. The molecule has 0 bridgehead atoms. The second-order valence-electron chi connectivity index (χ2n) is 28.5. The second kappa shape index (κ2) is 65.7. The van der Waals surface area contributed by atoms with Crippen molar-refractivity contribution in [2.24, 2.45) is 17.8 Å². The first-order valence-corrected chi connectivity index (χ1v) is 41.8. The van der Waals surface area contributed by atoms with E-state index in [9.17, 15) is 43.2 Å². The maximum Gasteiger partial charge on any atom is 0.472 e. The van der Waals surface area contributed by atoms with Crippen LogP contribution in [0.1, 0.15) is 382 Å². The monoisotopic (exact) mass is 1380 g/mol. The number of rotatable bonds is 73. The summed E-state index contributed by atoms with van der Waals surface area (Å²) in [4.78, 5) is 72.5. The van der Waals surface area contributed by atoms with E-state index in [2.05, 4.69) is 48.5 Å². The van der Waals surface area contributed by atoms with Crippen molar-refractivity contribution < 1.29 is 80.2 Å². The molecule has 0 amide bonds. The van der Waals surface area contributed by atoms with Gasteiger partial charge in [0.25, 0.3) is 0 Å². The van der Waals surface area contributed by atoms with Gasteiger partial charge in [0, 0.05) is 25.7 Å². The van der Waals surface area contributed by atoms with Gasteiger partial charge in [0.15, 0.2) is 12.2 Å². The van der Waals surface area contributed by atoms with E-state index in [4.69, 9.17) is 37.0 Å². The minimum atomic E-state index is -4.95. The van der Waals surface area contributed by atoms with Crippen LogP contribution in [0.3, 0.4) is 0 Å². The Kier molecular flexibility index (Phi) is 64.3. The van der Waals surface area contributed by atoms with E-state index in [1.54, 1.807) is 0 Å². The zero-order valence-electron chi connectivity index (χ0n) is 61.4. The maximum atomic E-state index is 13.1. The van der Waals surface area contributed by atoms with Gasteiger partial charge in [0.05, 0.1) is 26.4 Å². The molecule has 558 valence electrons. The molecule has 94 heavy (non-hydrogen) atoms. The minimum absolute atomic E-state index is 0.105. The number of aliphatic hydroxyl groups excluding tert-OH is 1. The summed E-state index contributed by atoms with van der Waals surface area (Å²) in [6.07, 6.45) is 51.8. The van der Waals surface area contributed by atoms with Gasteiger partial charge in [-0.15, -0.1) is 0 Å². The lowest BCUT2D eigenvalue weighted by Crippen LogP contribution is -2.30. The fourth-order valence-electron chi connectivity index (χ4n) is 11.4. The molecule has 19 heteroatoms. The first-order chi connectivity index (χ1) is 45.2. The van der Waals surface area contributed by atoms with E-state index in [1.807, 2.05) is 0 Å². The summed E-state index contributed by atoms with van der Waals surface area (Å²) in [6.45, 7) is 11.8. The number of phosphoric ester groups is 2. The average molecular weight is 1380 g/mol. The Hall–Kier alpha value is -1.94. The normalized spacial score (nSPS) is 14.1. The van der Waals surface area contributed by atoms with Crippen molar-refractivity contribution in [3.05, 3.63) is 0 Å². The number of carbonyl (C=O) groups excluding carboxylic acids is 4. The molecular weight excluding hydrogens is 1230 g/mol. The first kappa shape index (κ1) is 92.1. The summed E-state index contributed by atoms with van der Waals surface area (Å²) >= 11 is 0. The Morgan fingerprint density at radius 2 is 0.489 bits per heavy atom. The van der Waals surface area contributed by atoms with Crippen LogP contribution in [0.2, 0.25) is 0 Å². The van der Waals surface area contributed by atoms with Gasteiger partial charge in [-0.05, 0) is 43.4 Å². The van der Waals surface area contributed by atoms with Gasteiger partial charge in [0.2, 0.25) is 0 Å². The third-order valence-corrected chi connectivity index (χ3v) is 19.3. The molecule has 0 heterocycles. The molecule has 0 saturated heterocycles. The zero-order valence-corrected chi connectivity index (χ0v) is 63.2. The summed E-state index contributed by atoms with van der Waals surface area (Å²) in [7, 11) is -9.90. The number of carbonyl (C=O) groups is 4. The van der Waals surface area contributed by atoms with E-state index >= 15 is 0 Å². The smallest absolute Gasteiger partial charge is 0.462 e. The second-order valence-corrected chi connectivity index (χ2v) is 31.4. The highest BCUT2D eigenvalue weighted by atomic mass is 31.2. The van der Waals surface area contributed by atoms with Gasteiger partial charge in [-0.2, -0.15) is 0 Å². The van der Waals surface area contributed by atoms with Crippen LogP contribution in [-0.4, -0.2) is 96.7 Å². The Labute approximate surface area is 575 Å². The van der Waals surface area contributed by atoms with Crippen LogP contribution in [0.4, 0.5) is 0 Å². The summed E-state index contributed by atoms with van der Waals surface area (Å²) in [5.41, 5.74) is 0. The third-order valence-electron chi connectivity index (χ3n) is 17.4. The molecule has 0 aliphatic carbocycles. The summed E-state index contributed by atoms with van der Waals surface area (Å²) in [6, 6.07) is 0. The van der Waals surface area contributed by atoms with Crippen molar-refractivity contribution in [3.63, 3.8) is 0 Å². The van der Waals surface area contributed by atoms with Crippen LogP contribution in [0, 0.1) is 17.8 Å². The molecule has 0 fully saturated rings. The SMILES string of the molecule is CCCCCCCC(=O)OC[C@H](COP(=O)(O)OC[C@H](O)COP(=O)(O)OC[C@@H](COC(=O)CCCCCCCCCCCCCC(C)C)OC(=O)CCCCCCCCCCCCCCCCCCCCC(C)C)OC(=O)CCCCCCCCCCCCCC(C)C. The average Bonchev–Trinajstić information content (AvgIpc) is 1.60. The van der Waals surface area contributed by atoms with Crippen LogP contribution < -0.4 is 0 Å². The molecule has 2 unspecified atom stereocenters. The van der Waals surface area contributed by atoms with Crippen LogP contribution >= 0.6 is 15.6 Å². The number of unbranched alkanes of at least 4 members (excludes halogenated alkanes) is 41. The quantitative estimate of drug-likeness (QED) is 0.0222. The highest BCUT2D eigenvalue weighted by molar-refractivity contribution is 7.47. The largest absolute Gasteiger partial charge is 0.472 e. The van der Waals surface area contributed by atoms with Crippen molar-refractivity contribution in [3.8, 4) is 0 Å². The van der Waals surface area contributed by atoms with Gasteiger partial charge in [-0.25, -0.2) is 9.13 Å². The topological polar surface area (TPSA) is 237 Å². The van der Waals surface area contributed by atoms with Crippen LogP contribution in [0.15, 0.2) is 0 Å². The first-order valence-electron chi connectivity index (χ1n) is 38.8. The predicted octanol–water partition coefficient (Wildman–Crippen LogP) is 21.8. The number of esters is 4. The zero-order chi connectivity index (χ0) is 69.4. The summed E-state index contributed by atoms with van der Waals surface area (Å²) in [5.74, 6) is 0.227. The van der Waals surface area contributed by atoms with Gasteiger partial charge in [-0.1, -0.05) is 331 Å². The van der Waals surface area contributed by atoms with Gasteiger partial charge in [0.1, 0.15) is 19.3 Å². The lowest BCUT2D eigenvalue weighted by atomic mass is 10.0. The molecule has 0 radical (unpaired) electrons. The van der Waals surface area contributed by atoms with E-state index in [0.29, 0.717) is 25.7 Å². The van der Waals surface area contributed by atoms with Crippen molar-refractivity contribution >= 4 is 39.5 Å². The molecule has 0 saturated carbocycles. The Morgan fingerprint density at radius 3 is 0.723 bits per heavy atom. The third kappa shape index (κ3) is 68.6. The van der Waals surface area contributed by atoms with Crippen molar-refractivity contribution in [2.45, 2.75) is 401 Å². The highest BCUT2D eigenvalue weighted by Crippen LogP contribution is 2.45. The number of aliphatic hydroxyl groups is 1. The number of hydrogen-bond donors (Lipinski definition) is 3. The molecule has 0 rings (SSSR count). The van der Waals surface area contributed by atoms with Gasteiger partial charge in [-0.3, -0.25) is 37.3 Å². The van der Waals surface area contributed by atoms with E-state index in [0.717, 1.165) is 114 Å². The lowest BCUT2D eigenvalue weighted by molar-refractivity contribution is -0.161. The Balaban J connectivity index is 5.12. The standard InChI is InChI=1S/C75H146O17P2/c1-8-9-10-39-49-56-72(77)85-62-70(91-74(79)59-52-45-38-32-26-20-23-29-35-42-48-55-68(6)7)64-89-93(81,82)87-60-69(76)61-88-94(83,84)90-65-71(63-86-73(78)57-50-43-36-30-25-19-22-28-34-41-47-54-67(4)5)92-75(80)58-51-44-37-31-24-18-16-14-12-11-13-15-17-21-27-33-40-46-53-66(2)3/h66-71,76H,8-65H2,1-7H3,(H,81,82)(H,83,84)/t69-,70+,71+/m0/s1. The maximum absolute atomic E-state index is 13.1.